The fourth-order valence-electron chi connectivity index (χ4n) is 2.56. The molecule has 102 valence electrons. The number of methoxy groups -OCH3 is 1. The smallest absolute Gasteiger partial charge is 0.309 e. The Bertz CT molecular complexity index is 583. The number of aromatic nitrogens is 1. The Balaban J connectivity index is 2.39. The lowest BCUT2D eigenvalue weighted by atomic mass is 9.88. The highest BCUT2D eigenvalue weighted by Crippen LogP contribution is 2.27. The van der Waals surface area contributed by atoms with Gasteiger partial charge in [0.05, 0.1) is 13.0 Å². The third-order valence-electron chi connectivity index (χ3n) is 3.76. The van der Waals surface area contributed by atoms with Crippen molar-refractivity contribution in [2.24, 2.45) is 11.8 Å². The summed E-state index contributed by atoms with van der Waals surface area (Å²) in [6.07, 6.45) is 0.722. The summed E-state index contributed by atoms with van der Waals surface area (Å²) >= 11 is 0. The summed E-state index contributed by atoms with van der Waals surface area (Å²) in [5.74, 6) is 0.0445. The second-order valence-electron chi connectivity index (χ2n) is 5.35. The molecule has 0 aliphatic carbocycles. The molecule has 2 rings (SSSR count). The molecule has 19 heavy (non-hydrogen) atoms. The van der Waals surface area contributed by atoms with Crippen LogP contribution in [0.5, 0.6) is 0 Å². The molecule has 0 amide bonds. The van der Waals surface area contributed by atoms with Gasteiger partial charge in [0.1, 0.15) is 0 Å². The van der Waals surface area contributed by atoms with Gasteiger partial charge in [0.25, 0.3) is 0 Å². The van der Waals surface area contributed by atoms with Crippen LogP contribution in [0.15, 0.2) is 24.3 Å². The second-order valence-corrected chi connectivity index (χ2v) is 5.35. The molecule has 0 aliphatic rings. The summed E-state index contributed by atoms with van der Waals surface area (Å²) in [5, 5.41) is 1.20. The van der Waals surface area contributed by atoms with Crippen LogP contribution in [-0.4, -0.2) is 18.1 Å². The number of para-hydroxylation sites is 1. The van der Waals surface area contributed by atoms with E-state index in [9.17, 15) is 4.79 Å². The van der Waals surface area contributed by atoms with E-state index in [2.05, 4.69) is 37.9 Å². The SMILES string of the molecule is COC(=O)C(Cc1c(C)[nH]c2ccccc12)C(C)C. The first-order valence-electron chi connectivity index (χ1n) is 6.68. The molecule has 0 bridgehead atoms. The van der Waals surface area contributed by atoms with Gasteiger partial charge in [-0.1, -0.05) is 32.0 Å². The quantitative estimate of drug-likeness (QED) is 0.854. The first-order valence-corrected chi connectivity index (χ1v) is 6.68. The molecule has 1 atom stereocenters. The average molecular weight is 259 g/mol. The van der Waals surface area contributed by atoms with Gasteiger partial charge in [-0.3, -0.25) is 4.79 Å². The van der Waals surface area contributed by atoms with E-state index in [1.54, 1.807) is 0 Å². The van der Waals surface area contributed by atoms with Crippen molar-refractivity contribution in [1.29, 1.82) is 0 Å². The Morgan fingerprint density at radius 3 is 2.63 bits per heavy atom. The monoisotopic (exact) mass is 259 g/mol. The van der Waals surface area contributed by atoms with Crippen molar-refractivity contribution in [3.63, 3.8) is 0 Å². The standard InChI is InChI=1S/C16H21NO2/c1-10(2)13(16(18)19-4)9-14-11(3)17-15-8-6-5-7-12(14)15/h5-8,10,13,17H,9H2,1-4H3. The topological polar surface area (TPSA) is 42.1 Å². The molecule has 0 saturated carbocycles. The zero-order valence-corrected chi connectivity index (χ0v) is 12.0. The van der Waals surface area contributed by atoms with E-state index < -0.39 is 0 Å². The number of nitrogens with one attached hydrogen (secondary N) is 1. The van der Waals surface area contributed by atoms with Gasteiger partial charge in [-0.15, -0.1) is 0 Å². The number of carbonyl (C=O) groups excluding carboxylic acids is 1. The van der Waals surface area contributed by atoms with Crippen LogP contribution < -0.4 is 0 Å². The van der Waals surface area contributed by atoms with E-state index in [1.807, 2.05) is 12.1 Å². The Morgan fingerprint density at radius 2 is 2.00 bits per heavy atom. The van der Waals surface area contributed by atoms with Crippen LogP contribution >= 0.6 is 0 Å². The summed E-state index contributed by atoms with van der Waals surface area (Å²) in [6.45, 7) is 6.18. The van der Waals surface area contributed by atoms with Crippen LogP contribution in [0.1, 0.15) is 25.1 Å². The largest absolute Gasteiger partial charge is 0.469 e. The summed E-state index contributed by atoms with van der Waals surface area (Å²) in [4.78, 5) is 15.3. The number of H-pyrrole nitrogens is 1. The maximum Gasteiger partial charge on any atom is 0.309 e. The van der Waals surface area contributed by atoms with Crippen LogP contribution in [0.3, 0.4) is 0 Å². The van der Waals surface area contributed by atoms with Crippen LogP contribution in [0.4, 0.5) is 0 Å². The lowest BCUT2D eigenvalue weighted by molar-refractivity contribution is -0.146. The number of rotatable bonds is 4. The van der Waals surface area contributed by atoms with Gasteiger partial charge < -0.3 is 9.72 Å². The highest BCUT2D eigenvalue weighted by Gasteiger charge is 2.25. The van der Waals surface area contributed by atoms with Crippen LogP contribution in [0.25, 0.3) is 10.9 Å². The Hall–Kier alpha value is -1.77. The Kier molecular flexibility index (Phi) is 3.93. The zero-order valence-electron chi connectivity index (χ0n) is 12.0. The lowest BCUT2D eigenvalue weighted by Gasteiger charge is -2.18. The maximum absolute atomic E-state index is 11.9. The van der Waals surface area contributed by atoms with E-state index in [0.29, 0.717) is 0 Å². The molecule has 0 spiro atoms. The minimum Gasteiger partial charge on any atom is -0.469 e. The summed E-state index contributed by atoms with van der Waals surface area (Å²) in [6, 6.07) is 8.21. The molecule has 1 aromatic heterocycles. The Morgan fingerprint density at radius 1 is 1.32 bits per heavy atom. The van der Waals surface area contributed by atoms with Crippen molar-refractivity contribution in [3.05, 3.63) is 35.5 Å². The number of aromatic amines is 1. The van der Waals surface area contributed by atoms with Crippen molar-refractivity contribution in [3.8, 4) is 0 Å². The molecule has 1 N–H and O–H groups in total. The third kappa shape index (κ3) is 2.65. The first-order chi connectivity index (χ1) is 9.04. The number of benzene rings is 1. The van der Waals surface area contributed by atoms with Crippen molar-refractivity contribution in [1.82, 2.24) is 4.98 Å². The lowest BCUT2D eigenvalue weighted by Crippen LogP contribution is -2.24. The van der Waals surface area contributed by atoms with Crippen LogP contribution in [-0.2, 0) is 16.0 Å². The molecular weight excluding hydrogens is 238 g/mol. The summed E-state index contributed by atoms with van der Waals surface area (Å²) in [7, 11) is 1.46. The van der Waals surface area contributed by atoms with E-state index in [0.717, 1.165) is 17.6 Å². The molecule has 0 fully saturated rings. The van der Waals surface area contributed by atoms with Crippen molar-refractivity contribution >= 4 is 16.9 Å². The molecule has 3 heteroatoms. The molecule has 0 aliphatic heterocycles. The molecule has 1 heterocycles. The number of hydrogen-bond acceptors (Lipinski definition) is 2. The molecular formula is C16H21NO2. The number of ether oxygens (including phenoxy) is 1. The number of aryl methyl sites for hydroxylation is 1. The minimum absolute atomic E-state index is 0.0945. The molecule has 1 unspecified atom stereocenters. The predicted octanol–water partition coefficient (Wildman–Crippen LogP) is 3.46. The van der Waals surface area contributed by atoms with Crippen LogP contribution in [0.2, 0.25) is 0 Å². The molecule has 0 saturated heterocycles. The van der Waals surface area contributed by atoms with E-state index in [-0.39, 0.29) is 17.8 Å². The van der Waals surface area contributed by atoms with Crippen LogP contribution in [0, 0.1) is 18.8 Å². The van der Waals surface area contributed by atoms with Gasteiger partial charge in [0.15, 0.2) is 0 Å². The fraction of sp³-hybridized carbons (Fsp3) is 0.438. The minimum atomic E-state index is -0.125. The van der Waals surface area contributed by atoms with Gasteiger partial charge in [-0.05, 0) is 30.9 Å². The van der Waals surface area contributed by atoms with Gasteiger partial charge in [0, 0.05) is 16.6 Å². The van der Waals surface area contributed by atoms with Crippen molar-refractivity contribution < 1.29 is 9.53 Å². The normalized spacial score (nSPS) is 12.9. The van der Waals surface area contributed by atoms with Gasteiger partial charge in [-0.25, -0.2) is 0 Å². The average Bonchev–Trinajstić information content (AvgIpc) is 2.70. The molecule has 0 radical (unpaired) electrons. The number of hydrogen-bond donors (Lipinski definition) is 1. The fourth-order valence-corrected chi connectivity index (χ4v) is 2.56. The van der Waals surface area contributed by atoms with Gasteiger partial charge >= 0.3 is 5.97 Å². The number of fused-ring (bicyclic) bond motifs is 1. The third-order valence-corrected chi connectivity index (χ3v) is 3.76. The van der Waals surface area contributed by atoms with E-state index in [4.69, 9.17) is 4.74 Å². The summed E-state index contributed by atoms with van der Waals surface area (Å²) < 4.78 is 4.93. The summed E-state index contributed by atoms with van der Waals surface area (Å²) in [5.41, 5.74) is 3.48. The first kappa shape index (κ1) is 13.7. The number of esters is 1. The Labute approximate surface area is 114 Å². The maximum atomic E-state index is 11.9. The predicted molar refractivity (Wildman–Crippen MR) is 77.1 cm³/mol. The van der Waals surface area contributed by atoms with Gasteiger partial charge in [-0.2, -0.15) is 0 Å². The van der Waals surface area contributed by atoms with Crippen molar-refractivity contribution in [2.75, 3.05) is 7.11 Å². The number of carbonyl (C=O) groups is 1. The molecule has 2 aromatic rings. The molecule has 3 nitrogen and oxygen atoms in total. The highest BCUT2D eigenvalue weighted by molar-refractivity contribution is 5.85. The van der Waals surface area contributed by atoms with Gasteiger partial charge in [0.2, 0.25) is 0 Å². The van der Waals surface area contributed by atoms with E-state index in [1.165, 1.54) is 18.1 Å². The molecule has 1 aromatic carbocycles. The second kappa shape index (κ2) is 5.47. The van der Waals surface area contributed by atoms with E-state index >= 15 is 0 Å². The highest BCUT2D eigenvalue weighted by atomic mass is 16.5. The van der Waals surface area contributed by atoms with Crippen molar-refractivity contribution in [2.45, 2.75) is 27.2 Å². The zero-order chi connectivity index (χ0) is 14.0.